The number of hydrogen-bond donors (Lipinski definition) is 0. The van der Waals surface area contributed by atoms with Gasteiger partial charge in [-0.1, -0.05) is 41.9 Å². The number of ether oxygens (including phenoxy) is 1. The van der Waals surface area contributed by atoms with Gasteiger partial charge in [-0.3, -0.25) is 4.79 Å². The summed E-state index contributed by atoms with van der Waals surface area (Å²) in [6.45, 7) is 0. The molecule has 2 nitrogen and oxygen atoms in total. The molecule has 90 valence electrons. The molecule has 0 N–H and O–H groups in total. The first-order valence-electron chi connectivity index (χ1n) is 5.78. The maximum absolute atomic E-state index is 12.1. The molecule has 3 rings (SSSR count). The number of carbonyl (C=O) groups excluding carboxylic acids is 1. The predicted molar refractivity (Wildman–Crippen MR) is 70.2 cm³/mol. The van der Waals surface area contributed by atoms with Crippen molar-refractivity contribution in [2.45, 2.75) is 12.5 Å². The Morgan fingerprint density at radius 1 is 1.11 bits per heavy atom. The molecule has 1 aliphatic heterocycles. The van der Waals surface area contributed by atoms with Crippen LogP contribution in [0.1, 0.15) is 28.4 Å². The average molecular weight is 259 g/mol. The molecule has 0 unspecified atom stereocenters. The van der Waals surface area contributed by atoms with Crippen LogP contribution >= 0.6 is 11.6 Å². The van der Waals surface area contributed by atoms with Gasteiger partial charge < -0.3 is 4.74 Å². The largest absolute Gasteiger partial charge is 0.484 e. The topological polar surface area (TPSA) is 26.3 Å². The van der Waals surface area contributed by atoms with Gasteiger partial charge in [-0.25, -0.2) is 0 Å². The smallest absolute Gasteiger partial charge is 0.170 e. The van der Waals surface area contributed by atoms with Crippen LogP contribution in [0.5, 0.6) is 5.75 Å². The van der Waals surface area contributed by atoms with Crippen LogP contribution in [0.2, 0.25) is 5.02 Å². The van der Waals surface area contributed by atoms with Crippen LogP contribution in [-0.2, 0) is 0 Å². The van der Waals surface area contributed by atoms with Gasteiger partial charge in [0.2, 0.25) is 0 Å². The van der Waals surface area contributed by atoms with Crippen LogP contribution in [0, 0.1) is 0 Å². The highest BCUT2D eigenvalue weighted by molar-refractivity contribution is 6.30. The van der Waals surface area contributed by atoms with Crippen molar-refractivity contribution in [3.63, 3.8) is 0 Å². The highest BCUT2D eigenvalue weighted by Gasteiger charge is 2.27. The Kier molecular flexibility index (Phi) is 2.80. The molecule has 0 spiro atoms. The van der Waals surface area contributed by atoms with E-state index in [4.69, 9.17) is 16.3 Å². The summed E-state index contributed by atoms with van der Waals surface area (Å²) in [6.07, 6.45) is 0.156. The van der Waals surface area contributed by atoms with E-state index in [2.05, 4.69) is 0 Å². The van der Waals surface area contributed by atoms with E-state index >= 15 is 0 Å². The number of halogens is 1. The Hall–Kier alpha value is -1.80. The van der Waals surface area contributed by atoms with E-state index in [-0.39, 0.29) is 11.9 Å². The number of ketones is 1. The molecule has 0 aromatic heterocycles. The molecule has 0 aliphatic carbocycles. The molecular weight excluding hydrogens is 248 g/mol. The molecule has 0 saturated carbocycles. The van der Waals surface area contributed by atoms with Crippen molar-refractivity contribution in [2.24, 2.45) is 0 Å². The molecule has 0 radical (unpaired) electrons. The van der Waals surface area contributed by atoms with E-state index < -0.39 is 0 Å². The lowest BCUT2D eigenvalue weighted by Crippen LogP contribution is -2.20. The number of rotatable bonds is 1. The summed E-state index contributed by atoms with van der Waals surface area (Å²) in [7, 11) is 0. The Morgan fingerprint density at radius 2 is 1.89 bits per heavy atom. The van der Waals surface area contributed by atoms with Crippen molar-refractivity contribution >= 4 is 17.4 Å². The van der Waals surface area contributed by atoms with Gasteiger partial charge in [0.05, 0.1) is 12.0 Å². The van der Waals surface area contributed by atoms with Crippen LogP contribution in [-0.4, -0.2) is 5.78 Å². The Labute approximate surface area is 110 Å². The van der Waals surface area contributed by atoms with Crippen LogP contribution in [0.15, 0.2) is 48.5 Å². The van der Waals surface area contributed by atoms with Crippen LogP contribution in [0.25, 0.3) is 0 Å². The Balaban J connectivity index is 1.98. The lowest BCUT2D eigenvalue weighted by Gasteiger charge is -2.25. The summed E-state index contributed by atoms with van der Waals surface area (Å²) in [5.74, 6) is 0.675. The van der Waals surface area contributed by atoms with Crippen molar-refractivity contribution in [3.05, 3.63) is 64.7 Å². The number of carbonyl (C=O) groups is 1. The molecule has 0 fully saturated rings. The number of hydrogen-bond acceptors (Lipinski definition) is 2. The first kappa shape index (κ1) is 11.3. The summed E-state index contributed by atoms with van der Waals surface area (Å²) in [6, 6.07) is 14.9. The molecule has 0 amide bonds. The van der Waals surface area contributed by atoms with Gasteiger partial charge >= 0.3 is 0 Å². The minimum atomic E-state index is -0.218. The highest BCUT2D eigenvalue weighted by Crippen LogP contribution is 2.36. The van der Waals surface area contributed by atoms with Gasteiger partial charge in [0.25, 0.3) is 0 Å². The number of benzene rings is 2. The Morgan fingerprint density at radius 3 is 2.67 bits per heavy atom. The maximum atomic E-state index is 12.1. The fourth-order valence-electron chi connectivity index (χ4n) is 2.15. The molecule has 2 aromatic carbocycles. The molecule has 18 heavy (non-hydrogen) atoms. The second-order valence-electron chi connectivity index (χ2n) is 4.28. The average Bonchev–Trinajstić information content (AvgIpc) is 2.39. The Bertz CT molecular complexity index is 593. The van der Waals surface area contributed by atoms with Crippen molar-refractivity contribution in [1.29, 1.82) is 0 Å². The number of fused-ring (bicyclic) bond motifs is 1. The van der Waals surface area contributed by atoms with Crippen LogP contribution in [0.3, 0.4) is 0 Å². The van der Waals surface area contributed by atoms with Crippen LogP contribution in [0.4, 0.5) is 0 Å². The molecule has 1 aliphatic rings. The maximum Gasteiger partial charge on any atom is 0.170 e. The fourth-order valence-corrected chi connectivity index (χ4v) is 2.31. The minimum Gasteiger partial charge on any atom is -0.484 e. The molecule has 2 aromatic rings. The summed E-state index contributed by atoms with van der Waals surface area (Å²) >= 11 is 5.93. The van der Waals surface area contributed by atoms with E-state index in [1.165, 1.54) is 0 Å². The van der Waals surface area contributed by atoms with Crippen molar-refractivity contribution in [1.82, 2.24) is 0 Å². The minimum absolute atomic E-state index is 0.0989. The SMILES string of the molecule is O=C1C[C@@H](c2ccccc2)Oc2cc(Cl)ccc21. The zero-order valence-corrected chi connectivity index (χ0v) is 10.4. The highest BCUT2D eigenvalue weighted by atomic mass is 35.5. The third-order valence-electron chi connectivity index (χ3n) is 3.06. The molecular formula is C15H11ClO2. The first-order valence-corrected chi connectivity index (χ1v) is 6.16. The van der Waals surface area contributed by atoms with Gasteiger partial charge in [-0.2, -0.15) is 0 Å². The third-order valence-corrected chi connectivity index (χ3v) is 3.29. The van der Waals surface area contributed by atoms with E-state index in [1.54, 1.807) is 18.2 Å². The molecule has 3 heteroatoms. The monoisotopic (exact) mass is 258 g/mol. The van der Waals surface area contributed by atoms with E-state index in [1.807, 2.05) is 30.3 Å². The fraction of sp³-hybridized carbons (Fsp3) is 0.133. The second kappa shape index (κ2) is 4.46. The van der Waals surface area contributed by atoms with Crippen LogP contribution < -0.4 is 4.74 Å². The molecule has 1 atom stereocenters. The van der Waals surface area contributed by atoms with Crippen molar-refractivity contribution in [2.75, 3.05) is 0 Å². The van der Waals surface area contributed by atoms with Gasteiger partial charge in [0.1, 0.15) is 11.9 Å². The lowest BCUT2D eigenvalue weighted by molar-refractivity contribution is 0.0850. The summed E-state index contributed by atoms with van der Waals surface area (Å²) in [5, 5.41) is 0.579. The van der Waals surface area contributed by atoms with Gasteiger partial charge in [-0.05, 0) is 23.8 Å². The van der Waals surface area contributed by atoms with E-state index in [0.717, 1.165) is 5.56 Å². The summed E-state index contributed by atoms with van der Waals surface area (Å²) < 4.78 is 5.86. The normalized spacial score (nSPS) is 18.1. The summed E-state index contributed by atoms with van der Waals surface area (Å²) in [4.78, 5) is 12.1. The summed E-state index contributed by atoms with van der Waals surface area (Å²) in [5.41, 5.74) is 1.63. The molecule has 1 heterocycles. The van der Waals surface area contributed by atoms with Gasteiger partial charge in [0, 0.05) is 5.02 Å². The zero-order chi connectivity index (χ0) is 12.5. The molecule has 0 bridgehead atoms. The standard InChI is InChI=1S/C15H11ClO2/c16-11-6-7-12-13(17)9-14(18-15(12)8-11)10-4-2-1-3-5-10/h1-8,14H,9H2/t14-/m0/s1. The molecule has 0 saturated heterocycles. The van der Waals surface area contributed by atoms with Gasteiger partial charge in [-0.15, -0.1) is 0 Å². The first-order chi connectivity index (χ1) is 8.74. The second-order valence-corrected chi connectivity index (χ2v) is 4.72. The lowest BCUT2D eigenvalue weighted by atomic mass is 9.96. The third kappa shape index (κ3) is 2.00. The predicted octanol–water partition coefficient (Wildman–Crippen LogP) is 4.05. The number of Topliss-reactive ketones (excluding diaryl/α,β-unsaturated/α-hetero) is 1. The van der Waals surface area contributed by atoms with Gasteiger partial charge in [0.15, 0.2) is 5.78 Å². The van der Waals surface area contributed by atoms with Crippen molar-refractivity contribution < 1.29 is 9.53 Å². The zero-order valence-electron chi connectivity index (χ0n) is 9.60. The van der Waals surface area contributed by atoms with E-state index in [0.29, 0.717) is 22.8 Å². The van der Waals surface area contributed by atoms with Crippen molar-refractivity contribution in [3.8, 4) is 5.75 Å². The van der Waals surface area contributed by atoms with E-state index in [9.17, 15) is 4.79 Å². The quantitative estimate of drug-likeness (QED) is 0.771.